The lowest BCUT2D eigenvalue weighted by atomic mass is 9.94. The average molecular weight is 451 g/mol. The van der Waals surface area contributed by atoms with Crippen molar-refractivity contribution in [2.45, 2.75) is 31.7 Å². The molecule has 1 aromatic carbocycles. The third-order valence-electron chi connectivity index (χ3n) is 4.94. The summed E-state index contributed by atoms with van der Waals surface area (Å²) in [5.74, 6) is -0.456. The quantitative estimate of drug-likeness (QED) is 0.655. The fourth-order valence-electron chi connectivity index (χ4n) is 3.58. The van der Waals surface area contributed by atoms with Crippen molar-refractivity contribution in [3.63, 3.8) is 0 Å². The van der Waals surface area contributed by atoms with Gasteiger partial charge in [-0.1, -0.05) is 19.9 Å². The van der Waals surface area contributed by atoms with Crippen LogP contribution in [0.2, 0.25) is 0 Å². The number of thiophene rings is 1. The van der Waals surface area contributed by atoms with Crippen LogP contribution in [0, 0.1) is 11.8 Å². The molecule has 0 radical (unpaired) electrons. The maximum absolute atomic E-state index is 12.9. The Hall–Kier alpha value is -2.23. The number of benzene rings is 1. The highest BCUT2D eigenvalue weighted by atomic mass is 32.2. The molecule has 9 heteroatoms. The molecule has 3 rings (SSSR count). The molecule has 7 nitrogen and oxygen atoms in total. The van der Waals surface area contributed by atoms with Gasteiger partial charge in [0.2, 0.25) is 10.0 Å². The SMILES string of the molecule is CC1CC(C)CN(S(=O)(=O)c2ccc(C(=O)OCC(=O)NCc3cccs3)cc2)C1. The summed E-state index contributed by atoms with van der Waals surface area (Å²) in [6.45, 7) is 5.08. The predicted molar refractivity (Wildman–Crippen MR) is 115 cm³/mol. The molecule has 2 heterocycles. The molecule has 30 heavy (non-hydrogen) atoms. The normalized spacial score (nSPS) is 19.9. The van der Waals surface area contributed by atoms with E-state index < -0.39 is 28.5 Å². The molecule has 0 spiro atoms. The van der Waals surface area contributed by atoms with Gasteiger partial charge in [0.05, 0.1) is 17.0 Å². The van der Waals surface area contributed by atoms with Crippen molar-refractivity contribution in [3.8, 4) is 0 Å². The molecular weight excluding hydrogens is 424 g/mol. The summed E-state index contributed by atoms with van der Waals surface area (Å²) in [4.78, 5) is 25.1. The molecule has 0 bridgehead atoms. The first-order valence-corrected chi connectivity index (χ1v) is 12.1. The minimum Gasteiger partial charge on any atom is -0.452 e. The van der Waals surface area contributed by atoms with Crippen LogP contribution in [0.25, 0.3) is 0 Å². The van der Waals surface area contributed by atoms with Gasteiger partial charge in [0, 0.05) is 18.0 Å². The van der Waals surface area contributed by atoms with Crippen molar-refractivity contribution in [2.24, 2.45) is 11.8 Å². The first kappa shape index (κ1) is 22.5. The number of carbonyl (C=O) groups is 2. The topological polar surface area (TPSA) is 92.8 Å². The summed E-state index contributed by atoms with van der Waals surface area (Å²) in [6, 6.07) is 9.44. The Bertz CT molecular complexity index is 961. The van der Waals surface area contributed by atoms with Crippen molar-refractivity contribution in [1.29, 1.82) is 0 Å². The number of piperidine rings is 1. The predicted octanol–water partition coefficient (Wildman–Crippen LogP) is 2.89. The number of nitrogens with one attached hydrogen (secondary N) is 1. The summed E-state index contributed by atoms with van der Waals surface area (Å²) >= 11 is 1.52. The Morgan fingerprint density at radius 2 is 1.80 bits per heavy atom. The Morgan fingerprint density at radius 3 is 2.40 bits per heavy atom. The van der Waals surface area contributed by atoms with Crippen LogP contribution < -0.4 is 5.32 Å². The summed E-state index contributed by atoms with van der Waals surface area (Å²) in [6.07, 6.45) is 1.01. The van der Waals surface area contributed by atoms with E-state index in [1.807, 2.05) is 31.4 Å². The maximum Gasteiger partial charge on any atom is 0.338 e. The van der Waals surface area contributed by atoms with Crippen molar-refractivity contribution in [1.82, 2.24) is 9.62 Å². The number of amides is 1. The summed E-state index contributed by atoms with van der Waals surface area (Å²) < 4.78 is 32.3. The third kappa shape index (κ3) is 5.68. The number of nitrogens with zero attached hydrogens (tertiary/aromatic N) is 1. The third-order valence-corrected chi connectivity index (χ3v) is 7.66. The van der Waals surface area contributed by atoms with E-state index in [1.54, 1.807) is 0 Å². The Morgan fingerprint density at radius 1 is 1.13 bits per heavy atom. The number of hydrogen-bond acceptors (Lipinski definition) is 6. The van der Waals surface area contributed by atoms with Crippen molar-refractivity contribution in [3.05, 3.63) is 52.2 Å². The molecule has 1 aliphatic rings. The zero-order valence-electron chi connectivity index (χ0n) is 17.0. The van der Waals surface area contributed by atoms with E-state index in [0.29, 0.717) is 31.5 Å². The van der Waals surface area contributed by atoms with Crippen LogP contribution in [-0.4, -0.2) is 44.3 Å². The van der Waals surface area contributed by atoms with Gasteiger partial charge in [0.15, 0.2) is 6.61 Å². The standard InChI is InChI=1S/C21H26N2O5S2/c1-15-10-16(2)13-23(12-15)30(26,27)19-7-5-17(6-8-19)21(25)28-14-20(24)22-11-18-4-3-9-29-18/h3-9,15-16H,10-14H2,1-2H3,(H,22,24). The lowest BCUT2D eigenvalue weighted by molar-refractivity contribution is -0.124. The monoisotopic (exact) mass is 450 g/mol. The van der Waals surface area contributed by atoms with Gasteiger partial charge in [0.25, 0.3) is 5.91 Å². The van der Waals surface area contributed by atoms with E-state index >= 15 is 0 Å². The Labute approximate surface area is 181 Å². The van der Waals surface area contributed by atoms with E-state index in [-0.39, 0.29) is 10.5 Å². The van der Waals surface area contributed by atoms with Gasteiger partial charge in [-0.3, -0.25) is 4.79 Å². The highest BCUT2D eigenvalue weighted by molar-refractivity contribution is 7.89. The number of carbonyl (C=O) groups excluding carboxylic acids is 2. The van der Waals surface area contributed by atoms with Gasteiger partial charge >= 0.3 is 5.97 Å². The molecule has 1 amide bonds. The number of sulfonamides is 1. The molecule has 2 atom stereocenters. The van der Waals surface area contributed by atoms with E-state index in [9.17, 15) is 18.0 Å². The van der Waals surface area contributed by atoms with Gasteiger partial charge in [-0.05, 0) is 54.0 Å². The fraction of sp³-hybridized carbons (Fsp3) is 0.429. The van der Waals surface area contributed by atoms with Crippen LogP contribution >= 0.6 is 11.3 Å². The van der Waals surface area contributed by atoms with Crippen molar-refractivity contribution >= 4 is 33.2 Å². The van der Waals surface area contributed by atoms with Crippen LogP contribution in [0.15, 0.2) is 46.7 Å². The molecule has 1 aromatic heterocycles. The van der Waals surface area contributed by atoms with E-state index in [1.165, 1.54) is 39.9 Å². The molecule has 0 aliphatic carbocycles. The summed E-state index contributed by atoms with van der Waals surface area (Å²) in [5.41, 5.74) is 0.195. The Kier molecular flexibility index (Phi) is 7.27. The number of ether oxygens (including phenoxy) is 1. The molecular formula is C21H26N2O5S2. The van der Waals surface area contributed by atoms with Crippen molar-refractivity contribution < 1.29 is 22.7 Å². The van der Waals surface area contributed by atoms with Crippen molar-refractivity contribution in [2.75, 3.05) is 19.7 Å². The number of esters is 1. The van der Waals surface area contributed by atoms with E-state index in [0.717, 1.165) is 11.3 Å². The van der Waals surface area contributed by atoms with E-state index in [2.05, 4.69) is 5.32 Å². The molecule has 1 fully saturated rings. The van der Waals surface area contributed by atoms with Gasteiger partial charge in [-0.25, -0.2) is 13.2 Å². The highest BCUT2D eigenvalue weighted by Gasteiger charge is 2.31. The molecule has 1 N–H and O–H groups in total. The Balaban J connectivity index is 1.55. The largest absolute Gasteiger partial charge is 0.452 e. The second-order valence-electron chi connectivity index (χ2n) is 7.72. The van der Waals surface area contributed by atoms with Gasteiger partial charge in [0.1, 0.15) is 0 Å². The molecule has 162 valence electrons. The fourth-order valence-corrected chi connectivity index (χ4v) is 5.90. The summed E-state index contributed by atoms with van der Waals surface area (Å²) in [7, 11) is -3.61. The number of hydrogen-bond donors (Lipinski definition) is 1. The van der Waals surface area contributed by atoms with Crippen LogP contribution in [-0.2, 0) is 26.1 Å². The molecule has 2 unspecified atom stereocenters. The number of rotatable bonds is 7. The zero-order valence-corrected chi connectivity index (χ0v) is 18.7. The lowest BCUT2D eigenvalue weighted by Gasteiger charge is -2.34. The minimum atomic E-state index is -3.61. The van der Waals surface area contributed by atoms with Crippen LogP contribution in [0.5, 0.6) is 0 Å². The first-order valence-electron chi connectivity index (χ1n) is 9.82. The molecule has 0 saturated carbocycles. The minimum absolute atomic E-state index is 0.147. The van der Waals surface area contributed by atoms with Gasteiger partial charge in [-0.15, -0.1) is 11.3 Å². The smallest absolute Gasteiger partial charge is 0.338 e. The average Bonchev–Trinajstić information content (AvgIpc) is 3.23. The van der Waals surface area contributed by atoms with Gasteiger partial charge in [-0.2, -0.15) is 4.31 Å². The lowest BCUT2D eigenvalue weighted by Crippen LogP contribution is -2.42. The second kappa shape index (κ2) is 9.72. The zero-order chi connectivity index (χ0) is 21.7. The van der Waals surface area contributed by atoms with Crippen LogP contribution in [0.4, 0.5) is 0 Å². The molecule has 1 aliphatic heterocycles. The summed E-state index contributed by atoms with van der Waals surface area (Å²) in [5, 5.41) is 4.59. The first-order chi connectivity index (χ1) is 14.3. The maximum atomic E-state index is 12.9. The van der Waals surface area contributed by atoms with Gasteiger partial charge < -0.3 is 10.1 Å². The second-order valence-corrected chi connectivity index (χ2v) is 10.7. The van der Waals surface area contributed by atoms with Crippen LogP contribution in [0.1, 0.15) is 35.5 Å². The van der Waals surface area contributed by atoms with Crippen LogP contribution in [0.3, 0.4) is 0 Å². The highest BCUT2D eigenvalue weighted by Crippen LogP contribution is 2.26. The molecule has 2 aromatic rings. The van der Waals surface area contributed by atoms with E-state index in [4.69, 9.17) is 4.74 Å². The molecule has 1 saturated heterocycles.